The Morgan fingerprint density at radius 3 is 2.30 bits per heavy atom. The molecule has 1 N–H and O–H groups in total. The maximum Gasteiger partial charge on any atom is 0.266 e. The maximum atomic E-state index is 12.0. The summed E-state index contributed by atoms with van der Waals surface area (Å²) in [4.78, 5) is 14.9. The minimum Gasteiger partial charge on any atom is -0.497 e. The lowest BCUT2D eigenvalue weighted by molar-refractivity contribution is 0.415. The van der Waals surface area contributed by atoms with Crippen LogP contribution >= 0.6 is 0 Å². The van der Waals surface area contributed by atoms with Crippen LogP contribution in [-0.2, 0) is 0 Å². The molecule has 0 atom stereocenters. The molecule has 0 saturated carbocycles. The van der Waals surface area contributed by atoms with Gasteiger partial charge in [-0.3, -0.25) is 4.79 Å². The number of nitrogens with zero attached hydrogens (tertiary/aromatic N) is 1. The molecule has 0 radical (unpaired) electrons. The maximum absolute atomic E-state index is 12.0. The van der Waals surface area contributed by atoms with Crippen LogP contribution in [0.3, 0.4) is 0 Å². The Morgan fingerprint density at radius 2 is 1.70 bits per heavy atom. The highest BCUT2D eigenvalue weighted by atomic mass is 16.5. The van der Waals surface area contributed by atoms with Gasteiger partial charge in [-0.1, -0.05) is 42.5 Å². The molecule has 0 bridgehead atoms. The molecule has 1 aromatic heterocycles. The second-order valence-electron chi connectivity index (χ2n) is 5.01. The Hall–Kier alpha value is -3.32. The van der Waals surface area contributed by atoms with Gasteiger partial charge in [0.2, 0.25) is 0 Å². The van der Waals surface area contributed by atoms with Crippen LogP contribution < -0.4 is 10.3 Å². The molecule has 2 aromatic carbocycles. The molecule has 1 heterocycles. The summed E-state index contributed by atoms with van der Waals surface area (Å²) in [6.45, 7) is 0. The van der Waals surface area contributed by atoms with E-state index < -0.39 is 0 Å². The number of benzene rings is 2. The molecule has 0 saturated heterocycles. The molecule has 0 fully saturated rings. The summed E-state index contributed by atoms with van der Waals surface area (Å²) in [7, 11) is 1.61. The van der Waals surface area contributed by atoms with Crippen LogP contribution in [0.2, 0.25) is 0 Å². The van der Waals surface area contributed by atoms with Crippen molar-refractivity contribution in [3.63, 3.8) is 0 Å². The molecule has 0 spiro atoms. The van der Waals surface area contributed by atoms with Gasteiger partial charge in [-0.05, 0) is 29.3 Å². The van der Waals surface area contributed by atoms with E-state index in [-0.39, 0.29) is 11.1 Å². The SMILES string of the molecule is COc1ccc(-c2cc(C#N)c(=O)[nH]c2-c2ccccc2)cc1. The number of nitriles is 1. The van der Waals surface area contributed by atoms with Crippen molar-refractivity contribution in [1.82, 2.24) is 4.98 Å². The van der Waals surface area contributed by atoms with Crippen LogP contribution in [0.15, 0.2) is 65.5 Å². The van der Waals surface area contributed by atoms with Crippen LogP contribution in [0.5, 0.6) is 5.75 Å². The van der Waals surface area contributed by atoms with Gasteiger partial charge in [-0.2, -0.15) is 5.26 Å². The molecule has 0 amide bonds. The third-order valence-electron chi connectivity index (χ3n) is 3.63. The summed E-state index contributed by atoms with van der Waals surface area (Å²) < 4.78 is 5.17. The third kappa shape index (κ3) is 2.85. The molecule has 0 aliphatic heterocycles. The van der Waals surface area contributed by atoms with E-state index in [2.05, 4.69) is 4.98 Å². The Bertz CT molecular complexity index is 920. The Balaban J connectivity index is 2.24. The summed E-state index contributed by atoms with van der Waals surface area (Å²) in [6.07, 6.45) is 0. The highest BCUT2D eigenvalue weighted by Gasteiger charge is 2.12. The lowest BCUT2D eigenvalue weighted by atomic mass is 9.98. The van der Waals surface area contributed by atoms with Crippen LogP contribution in [0.4, 0.5) is 0 Å². The summed E-state index contributed by atoms with van der Waals surface area (Å²) in [6, 6.07) is 20.6. The zero-order valence-electron chi connectivity index (χ0n) is 12.5. The van der Waals surface area contributed by atoms with Gasteiger partial charge in [0.15, 0.2) is 0 Å². The number of ether oxygens (including phenoxy) is 1. The molecule has 3 rings (SSSR count). The molecular weight excluding hydrogens is 288 g/mol. The van der Waals surface area contributed by atoms with Gasteiger partial charge in [0, 0.05) is 5.56 Å². The van der Waals surface area contributed by atoms with E-state index in [1.165, 1.54) is 0 Å². The first-order valence-electron chi connectivity index (χ1n) is 7.10. The molecule has 0 unspecified atom stereocenters. The number of pyridine rings is 1. The van der Waals surface area contributed by atoms with E-state index in [1.807, 2.05) is 60.7 Å². The van der Waals surface area contributed by atoms with Crippen LogP contribution in [0.1, 0.15) is 5.56 Å². The van der Waals surface area contributed by atoms with Crippen molar-refractivity contribution in [2.45, 2.75) is 0 Å². The van der Waals surface area contributed by atoms with Crippen molar-refractivity contribution >= 4 is 0 Å². The fraction of sp³-hybridized carbons (Fsp3) is 0.0526. The fourth-order valence-electron chi connectivity index (χ4n) is 2.44. The molecule has 0 aliphatic rings. The second kappa shape index (κ2) is 6.20. The number of nitrogens with one attached hydrogen (secondary N) is 1. The van der Waals surface area contributed by atoms with Crippen LogP contribution in [-0.4, -0.2) is 12.1 Å². The van der Waals surface area contributed by atoms with E-state index in [0.29, 0.717) is 5.69 Å². The Morgan fingerprint density at radius 1 is 1.00 bits per heavy atom. The third-order valence-corrected chi connectivity index (χ3v) is 3.63. The average molecular weight is 302 g/mol. The fourth-order valence-corrected chi connectivity index (χ4v) is 2.44. The number of hydrogen-bond acceptors (Lipinski definition) is 3. The zero-order valence-corrected chi connectivity index (χ0v) is 12.5. The van der Waals surface area contributed by atoms with Crippen molar-refractivity contribution < 1.29 is 4.74 Å². The van der Waals surface area contributed by atoms with Gasteiger partial charge in [0.1, 0.15) is 17.4 Å². The second-order valence-corrected chi connectivity index (χ2v) is 5.01. The first-order valence-corrected chi connectivity index (χ1v) is 7.10. The number of methoxy groups -OCH3 is 1. The summed E-state index contributed by atoms with van der Waals surface area (Å²) >= 11 is 0. The normalized spacial score (nSPS) is 10.1. The average Bonchev–Trinajstić information content (AvgIpc) is 2.62. The Kier molecular flexibility index (Phi) is 3.94. The molecular formula is C19H14N2O2. The zero-order chi connectivity index (χ0) is 16.2. The predicted molar refractivity (Wildman–Crippen MR) is 89.2 cm³/mol. The summed E-state index contributed by atoms with van der Waals surface area (Å²) in [5, 5.41) is 9.14. The van der Waals surface area contributed by atoms with Crippen LogP contribution in [0, 0.1) is 11.3 Å². The van der Waals surface area contributed by atoms with Gasteiger partial charge in [-0.25, -0.2) is 0 Å². The van der Waals surface area contributed by atoms with Crippen molar-refractivity contribution in [3.8, 4) is 34.2 Å². The highest BCUT2D eigenvalue weighted by Crippen LogP contribution is 2.31. The van der Waals surface area contributed by atoms with Crippen molar-refractivity contribution in [2.75, 3.05) is 7.11 Å². The number of hydrogen-bond donors (Lipinski definition) is 1. The van der Waals surface area contributed by atoms with E-state index in [0.717, 1.165) is 22.4 Å². The van der Waals surface area contributed by atoms with Crippen LogP contribution in [0.25, 0.3) is 22.4 Å². The van der Waals surface area contributed by atoms with E-state index >= 15 is 0 Å². The monoisotopic (exact) mass is 302 g/mol. The smallest absolute Gasteiger partial charge is 0.266 e. The Labute approximate surface area is 133 Å². The number of aromatic nitrogens is 1. The first kappa shape index (κ1) is 14.6. The van der Waals surface area contributed by atoms with Gasteiger partial charge in [-0.15, -0.1) is 0 Å². The molecule has 0 aliphatic carbocycles. The molecule has 4 heteroatoms. The number of aromatic amines is 1. The molecule has 23 heavy (non-hydrogen) atoms. The lowest BCUT2D eigenvalue weighted by Gasteiger charge is -2.11. The van der Waals surface area contributed by atoms with Gasteiger partial charge >= 0.3 is 0 Å². The van der Waals surface area contributed by atoms with E-state index in [4.69, 9.17) is 10.00 Å². The largest absolute Gasteiger partial charge is 0.497 e. The van der Waals surface area contributed by atoms with E-state index in [1.54, 1.807) is 13.2 Å². The number of rotatable bonds is 3. The summed E-state index contributed by atoms with van der Waals surface area (Å²) in [5.41, 5.74) is 2.99. The van der Waals surface area contributed by atoms with Crippen molar-refractivity contribution in [2.24, 2.45) is 0 Å². The minimum absolute atomic E-state index is 0.0931. The molecule has 112 valence electrons. The lowest BCUT2D eigenvalue weighted by Crippen LogP contribution is -2.11. The highest BCUT2D eigenvalue weighted by molar-refractivity contribution is 5.81. The van der Waals surface area contributed by atoms with Gasteiger partial charge < -0.3 is 9.72 Å². The standard InChI is InChI=1S/C19H14N2O2/c1-23-16-9-7-13(8-10-16)17-11-15(12-20)19(22)21-18(17)14-5-3-2-4-6-14/h2-11H,1H3,(H,21,22). The molecule has 4 nitrogen and oxygen atoms in total. The van der Waals surface area contributed by atoms with Crippen molar-refractivity contribution in [3.05, 3.63) is 76.6 Å². The van der Waals surface area contributed by atoms with Crippen molar-refractivity contribution in [1.29, 1.82) is 5.26 Å². The first-order chi connectivity index (χ1) is 11.2. The van der Waals surface area contributed by atoms with E-state index in [9.17, 15) is 4.79 Å². The van der Waals surface area contributed by atoms with Gasteiger partial charge in [0.25, 0.3) is 5.56 Å². The number of H-pyrrole nitrogens is 1. The van der Waals surface area contributed by atoms with Gasteiger partial charge in [0.05, 0.1) is 12.8 Å². The topological polar surface area (TPSA) is 65.9 Å². The molecule has 3 aromatic rings. The predicted octanol–water partition coefficient (Wildman–Crippen LogP) is 3.59. The quantitative estimate of drug-likeness (QED) is 0.804. The minimum atomic E-state index is -0.386. The summed E-state index contributed by atoms with van der Waals surface area (Å²) in [5.74, 6) is 0.750.